The molecule has 100 valence electrons. The Morgan fingerprint density at radius 1 is 1.47 bits per heavy atom. The smallest absolute Gasteiger partial charge is 0.223 e. The van der Waals surface area contributed by atoms with E-state index >= 15 is 0 Å². The first kappa shape index (κ1) is 14.5. The zero-order valence-electron chi connectivity index (χ0n) is 11.4. The third kappa shape index (κ3) is 6.64. The molecule has 0 aliphatic heterocycles. The second-order valence-electron chi connectivity index (χ2n) is 5.20. The Balaban J connectivity index is 2.23. The number of ether oxygens (including phenoxy) is 1. The molecule has 0 atom stereocenters. The van der Waals surface area contributed by atoms with Crippen molar-refractivity contribution in [2.45, 2.75) is 39.2 Å². The fraction of sp³-hybridized carbons (Fsp3) is 0.923. The summed E-state index contributed by atoms with van der Waals surface area (Å²) in [5, 5.41) is 3.37. The minimum absolute atomic E-state index is 0.240. The summed E-state index contributed by atoms with van der Waals surface area (Å²) in [6.45, 7) is 7.23. The standard InChI is InChI=1S/C13H26N2O2/c1-11(2)10-15(8-9-17-3)13(16)6-7-14-12-4-5-12/h11-12,14H,4-10H2,1-3H3. The van der Waals surface area contributed by atoms with Crippen LogP contribution in [0.1, 0.15) is 33.1 Å². The minimum Gasteiger partial charge on any atom is -0.383 e. The fourth-order valence-corrected chi connectivity index (χ4v) is 1.79. The molecule has 0 bridgehead atoms. The van der Waals surface area contributed by atoms with E-state index in [0.717, 1.165) is 13.1 Å². The van der Waals surface area contributed by atoms with Crippen LogP contribution in [0, 0.1) is 5.92 Å². The topological polar surface area (TPSA) is 41.6 Å². The number of methoxy groups -OCH3 is 1. The molecule has 1 amide bonds. The second kappa shape index (κ2) is 7.67. The Labute approximate surface area is 105 Å². The van der Waals surface area contributed by atoms with Gasteiger partial charge in [0.05, 0.1) is 6.61 Å². The van der Waals surface area contributed by atoms with Gasteiger partial charge in [-0.15, -0.1) is 0 Å². The van der Waals surface area contributed by atoms with E-state index < -0.39 is 0 Å². The summed E-state index contributed by atoms with van der Waals surface area (Å²) < 4.78 is 5.05. The van der Waals surface area contributed by atoms with Crippen molar-refractivity contribution in [3.63, 3.8) is 0 Å². The molecule has 1 rings (SSSR count). The highest BCUT2D eigenvalue weighted by Crippen LogP contribution is 2.18. The Morgan fingerprint density at radius 2 is 2.18 bits per heavy atom. The van der Waals surface area contributed by atoms with Gasteiger partial charge < -0.3 is 15.0 Å². The molecule has 1 saturated carbocycles. The maximum absolute atomic E-state index is 12.0. The lowest BCUT2D eigenvalue weighted by Gasteiger charge is -2.24. The molecular formula is C13H26N2O2. The van der Waals surface area contributed by atoms with Gasteiger partial charge in [-0.25, -0.2) is 0 Å². The van der Waals surface area contributed by atoms with Crippen LogP contribution >= 0.6 is 0 Å². The van der Waals surface area contributed by atoms with Crippen molar-refractivity contribution in [3.05, 3.63) is 0 Å². The summed E-state index contributed by atoms with van der Waals surface area (Å²) in [5.41, 5.74) is 0. The van der Waals surface area contributed by atoms with Crippen LogP contribution in [0.2, 0.25) is 0 Å². The average Bonchev–Trinajstić information content (AvgIpc) is 3.07. The molecule has 1 aliphatic rings. The van der Waals surface area contributed by atoms with E-state index in [0.29, 0.717) is 31.5 Å². The highest BCUT2D eigenvalue weighted by atomic mass is 16.5. The highest BCUT2D eigenvalue weighted by molar-refractivity contribution is 5.76. The van der Waals surface area contributed by atoms with Crippen LogP contribution in [-0.4, -0.2) is 50.2 Å². The minimum atomic E-state index is 0.240. The van der Waals surface area contributed by atoms with Crippen LogP contribution < -0.4 is 5.32 Å². The molecule has 1 N–H and O–H groups in total. The third-order valence-corrected chi connectivity index (χ3v) is 2.85. The van der Waals surface area contributed by atoms with Crippen LogP contribution in [0.25, 0.3) is 0 Å². The number of rotatable bonds is 9. The van der Waals surface area contributed by atoms with Crippen LogP contribution in [-0.2, 0) is 9.53 Å². The number of hydrogen-bond acceptors (Lipinski definition) is 3. The quantitative estimate of drug-likeness (QED) is 0.662. The first-order chi connectivity index (χ1) is 8.13. The molecule has 0 spiro atoms. The molecule has 17 heavy (non-hydrogen) atoms. The first-order valence-electron chi connectivity index (χ1n) is 6.63. The van der Waals surface area contributed by atoms with E-state index in [1.807, 2.05) is 4.90 Å². The van der Waals surface area contributed by atoms with E-state index in [1.54, 1.807) is 7.11 Å². The van der Waals surface area contributed by atoms with Gasteiger partial charge in [-0.3, -0.25) is 4.79 Å². The monoisotopic (exact) mass is 242 g/mol. The predicted octanol–water partition coefficient (Wildman–Crippen LogP) is 1.26. The van der Waals surface area contributed by atoms with Crippen molar-refractivity contribution in [1.82, 2.24) is 10.2 Å². The SMILES string of the molecule is COCCN(CC(C)C)C(=O)CCNC1CC1. The molecule has 0 saturated heterocycles. The van der Waals surface area contributed by atoms with Crippen molar-refractivity contribution >= 4 is 5.91 Å². The lowest BCUT2D eigenvalue weighted by molar-refractivity contribution is -0.132. The zero-order chi connectivity index (χ0) is 12.7. The Hall–Kier alpha value is -0.610. The fourth-order valence-electron chi connectivity index (χ4n) is 1.79. The molecule has 0 aromatic heterocycles. The van der Waals surface area contributed by atoms with Gasteiger partial charge in [0.25, 0.3) is 0 Å². The number of amides is 1. The van der Waals surface area contributed by atoms with Crippen molar-refractivity contribution < 1.29 is 9.53 Å². The molecule has 0 aromatic rings. The van der Waals surface area contributed by atoms with Crippen LogP contribution in [0.3, 0.4) is 0 Å². The third-order valence-electron chi connectivity index (χ3n) is 2.85. The molecule has 0 radical (unpaired) electrons. The summed E-state index contributed by atoms with van der Waals surface area (Å²) in [6, 6.07) is 0.681. The highest BCUT2D eigenvalue weighted by Gasteiger charge is 2.21. The Kier molecular flexibility index (Phi) is 6.52. The molecule has 0 heterocycles. The summed E-state index contributed by atoms with van der Waals surface area (Å²) in [7, 11) is 1.67. The Bertz CT molecular complexity index is 227. The van der Waals surface area contributed by atoms with Crippen LogP contribution in [0.5, 0.6) is 0 Å². The van der Waals surface area contributed by atoms with Crippen molar-refractivity contribution in [2.75, 3.05) is 33.4 Å². The summed E-state index contributed by atoms with van der Waals surface area (Å²) >= 11 is 0. The average molecular weight is 242 g/mol. The molecule has 1 fully saturated rings. The molecular weight excluding hydrogens is 216 g/mol. The van der Waals surface area contributed by atoms with Gasteiger partial charge in [-0.2, -0.15) is 0 Å². The maximum atomic E-state index is 12.0. The predicted molar refractivity (Wildman–Crippen MR) is 68.9 cm³/mol. The lowest BCUT2D eigenvalue weighted by Crippen LogP contribution is -2.38. The van der Waals surface area contributed by atoms with Crippen LogP contribution in [0.4, 0.5) is 0 Å². The molecule has 0 aromatic carbocycles. The Morgan fingerprint density at radius 3 is 2.71 bits per heavy atom. The number of carbonyl (C=O) groups is 1. The van der Waals surface area contributed by atoms with Gasteiger partial charge in [0, 0.05) is 39.2 Å². The van der Waals surface area contributed by atoms with Gasteiger partial charge in [0.15, 0.2) is 0 Å². The number of nitrogens with zero attached hydrogens (tertiary/aromatic N) is 1. The number of carbonyl (C=O) groups excluding carboxylic acids is 1. The van der Waals surface area contributed by atoms with Gasteiger partial charge in [-0.1, -0.05) is 13.8 Å². The molecule has 4 heteroatoms. The normalized spacial score (nSPS) is 15.3. The number of hydrogen-bond donors (Lipinski definition) is 1. The van der Waals surface area contributed by atoms with E-state index in [2.05, 4.69) is 19.2 Å². The largest absolute Gasteiger partial charge is 0.383 e. The van der Waals surface area contributed by atoms with Gasteiger partial charge >= 0.3 is 0 Å². The van der Waals surface area contributed by atoms with E-state index in [9.17, 15) is 4.79 Å². The molecule has 0 unspecified atom stereocenters. The van der Waals surface area contributed by atoms with E-state index in [4.69, 9.17) is 4.74 Å². The summed E-state index contributed by atoms with van der Waals surface area (Å²) in [6.07, 6.45) is 3.15. The molecule has 1 aliphatic carbocycles. The summed E-state index contributed by atoms with van der Waals surface area (Å²) in [4.78, 5) is 13.9. The molecule has 4 nitrogen and oxygen atoms in total. The van der Waals surface area contributed by atoms with Gasteiger partial charge in [0.2, 0.25) is 5.91 Å². The second-order valence-corrected chi connectivity index (χ2v) is 5.20. The maximum Gasteiger partial charge on any atom is 0.223 e. The van der Waals surface area contributed by atoms with Gasteiger partial charge in [-0.05, 0) is 18.8 Å². The van der Waals surface area contributed by atoms with Gasteiger partial charge in [0.1, 0.15) is 0 Å². The summed E-state index contributed by atoms with van der Waals surface area (Å²) in [5.74, 6) is 0.746. The first-order valence-corrected chi connectivity index (χ1v) is 6.63. The lowest BCUT2D eigenvalue weighted by atomic mass is 10.2. The number of nitrogens with one attached hydrogen (secondary N) is 1. The van der Waals surface area contributed by atoms with Crippen molar-refractivity contribution in [1.29, 1.82) is 0 Å². The zero-order valence-corrected chi connectivity index (χ0v) is 11.4. The van der Waals surface area contributed by atoms with Crippen molar-refractivity contribution in [3.8, 4) is 0 Å². The van der Waals surface area contributed by atoms with E-state index in [-0.39, 0.29) is 5.91 Å². The van der Waals surface area contributed by atoms with Crippen LogP contribution in [0.15, 0.2) is 0 Å². The van der Waals surface area contributed by atoms with Crippen molar-refractivity contribution in [2.24, 2.45) is 5.92 Å². The van der Waals surface area contributed by atoms with E-state index in [1.165, 1.54) is 12.8 Å².